The monoisotopic (exact) mass is 297 g/mol. The molecule has 1 aromatic rings. The standard InChI is InChI=1S/C12H12F5NO2/c13-8-7(9(14)11(16)12(17)10(8)15)3-18-1-2-20-5-6(18)4-19/h6,19H,1-5H2. The summed E-state index contributed by atoms with van der Waals surface area (Å²) < 4.78 is 71.2. The number of hydrogen-bond acceptors (Lipinski definition) is 3. The molecule has 3 nitrogen and oxygen atoms in total. The molecule has 0 spiro atoms. The van der Waals surface area contributed by atoms with Gasteiger partial charge in [0, 0.05) is 18.7 Å². The number of morpholine rings is 1. The first kappa shape index (κ1) is 15.1. The van der Waals surface area contributed by atoms with Crippen LogP contribution in [0.15, 0.2) is 0 Å². The van der Waals surface area contributed by atoms with Crippen molar-refractivity contribution in [2.75, 3.05) is 26.4 Å². The molecule has 112 valence electrons. The van der Waals surface area contributed by atoms with E-state index in [-0.39, 0.29) is 26.4 Å². The van der Waals surface area contributed by atoms with Crippen molar-refractivity contribution in [2.45, 2.75) is 12.6 Å². The third-order valence-electron chi connectivity index (χ3n) is 3.22. The van der Waals surface area contributed by atoms with E-state index in [1.165, 1.54) is 4.90 Å². The lowest BCUT2D eigenvalue weighted by Crippen LogP contribution is -2.47. The summed E-state index contributed by atoms with van der Waals surface area (Å²) in [5.41, 5.74) is -0.901. The van der Waals surface area contributed by atoms with Gasteiger partial charge in [-0.3, -0.25) is 4.90 Å². The van der Waals surface area contributed by atoms with Crippen LogP contribution in [0.3, 0.4) is 0 Å². The van der Waals surface area contributed by atoms with Gasteiger partial charge in [0.15, 0.2) is 23.3 Å². The van der Waals surface area contributed by atoms with Crippen molar-refractivity contribution in [2.24, 2.45) is 0 Å². The van der Waals surface area contributed by atoms with Crippen LogP contribution < -0.4 is 0 Å². The summed E-state index contributed by atoms with van der Waals surface area (Å²) in [6, 6.07) is -0.543. The molecule has 0 saturated carbocycles. The van der Waals surface area contributed by atoms with Crippen molar-refractivity contribution in [3.8, 4) is 0 Å². The third-order valence-corrected chi connectivity index (χ3v) is 3.22. The van der Waals surface area contributed by atoms with Crippen LogP contribution in [0.2, 0.25) is 0 Å². The first-order valence-electron chi connectivity index (χ1n) is 5.90. The van der Waals surface area contributed by atoms with Gasteiger partial charge < -0.3 is 9.84 Å². The van der Waals surface area contributed by atoms with Crippen molar-refractivity contribution in [3.05, 3.63) is 34.6 Å². The zero-order chi connectivity index (χ0) is 14.9. The molecular weight excluding hydrogens is 285 g/mol. The van der Waals surface area contributed by atoms with Gasteiger partial charge in [0.1, 0.15) is 0 Å². The molecule has 1 atom stereocenters. The zero-order valence-corrected chi connectivity index (χ0v) is 10.3. The summed E-state index contributed by atoms with van der Waals surface area (Å²) in [7, 11) is 0. The van der Waals surface area contributed by atoms with Crippen LogP contribution in [0.5, 0.6) is 0 Å². The molecule has 0 bridgehead atoms. The minimum absolute atomic E-state index is 0.131. The maximum Gasteiger partial charge on any atom is 0.200 e. The summed E-state index contributed by atoms with van der Waals surface area (Å²) in [5.74, 6) is -9.79. The van der Waals surface area contributed by atoms with Gasteiger partial charge in [0.2, 0.25) is 5.82 Å². The van der Waals surface area contributed by atoms with Crippen molar-refractivity contribution in [1.82, 2.24) is 4.90 Å². The summed E-state index contributed by atoms with van der Waals surface area (Å²) in [6.07, 6.45) is 0. The molecule has 0 aliphatic carbocycles. The van der Waals surface area contributed by atoms with E-state index in [9.17, 15) is 22.0 Å². The fourth-order valence-corrected chi connectivity index (χ4v) is 2.06. The molecule has 0 aromatic heterocycles. The Morgan fingerprint density at radius 1 is 1.00 bits per heavy atom. The highest BCUT2D eigenvalue weighted by molar-refractivity contribution is 5.24. The predicted octanol–water partition coefficient (Wildman–Crippen LogP) is 1.58. The Balaban J connectivity index is 2.33. The highest BCUT2D eigenvalue weighted by Crippen LogP contribution is 2.25. The maximum absolute atomic E-state index is 13.5. The molecule has 20 heavy (non-hydrogen) atoms. The average molecular weight is 297 g/mol. The number of rotatable bonds is 3. The average Bonchev–Trinajstić information content (AvgIpc) is 2.48. The van der Waals surface area contributed by atoms with Crippen molar-refractivity contribution in [1.29, 1.82) is 0 Å². The van der Waals surface area contributed by atoms with Crippen LogP contribution in [-0.4, -0.2) is 42.4 Å². The summed E-state index contributed by atoms with van der Waals surface area (Å²) in [4.78, 5) is 1.42. The van der Waals surface area contributed by atoms with Crippen LogP contribution in [-0.2, 0) is 11.3 Å². The van der Waals surface area contributed by atoms with Crippen LogP contribution >= 0.6 is 0 Å². The van der Waals surface area contributed by atoms with Gasteiger partial charge in [-0.2, -0.15) is 0 Å². The van der Waals surface area contributed by atoms with E-state index < -0.39 is 47.2 Å². The second kappa shape index (κ2) is 6.02. The molecule has 1 fully saturated rings. The topological polar surface area (TPSA) is 32.7 Å². The third kappa shape index (κ3) is 2.63. The molecule has 1 unspecified atom stereocenters. The van der Waals surface area contributed by atoms with E-state index in [1.54, 1.807) is 0 Å². The fourth-order valence-electron chi connectivity index (χ4n) is 2.06. The molecule has 1 saturated heterocycles. The molecule has 1 aromatic carbocycles. The van der Waals surface area contributed by atoms with E-state index in [0.29, 0.717) is 0 Å². The molecule has 0 radical (unpaired) electrons. The Morgan fingerprint density at radius 2 is 1.55 bits per heavy atom. The SMILES string of the molecule is OCC1COCCN1Cc1c(F)c(F)c(F)c(F)c1F. The lowest BCUT2D eigenvalue weighted by molar-refractivity contribution is -0.0322. The largest absolute Gasteiger partial charge is 0.395 e. The molecule has 1 aliphatic rings. The zero-order valence-electron chi connectivity index (χ0n) is 10.3. The van der Waals surface area contributed by atoms with Gasteiger partial charge in [-0.05, 0) is 0 Å². The van der Waals surface area contributed by atoms with E-state index in [4.69, 9.17) is 9.84 Å². The number of halogens is 5. The first-order valence-corrected chi connectivity index (χ1v) is 5.90. The van der Waals surface area contributed by atoms with Crippen molar-refractivity contribution >= 4 is 0 Å². The number of benzene rings is 1. The van der Waals surface area contributed by atoms with E-state index in [0.717, 1.165) is 0 Å². The fraction of sp³-hybridized carbons (Fsp3) is 0.500. The van der Waals surface area contributed by atoms with Crippen molar-refractivity contribution in [3.63, 3.8) is 0 Å². The molecule has 0 amide bonds. The Bertz CT molecular complexity index is 482. The highest BCUT2D eigenvalue weighted by Gasteiger charge is 2.29. The van der Waals surface area contributed by atoms with Gasteiger partial charge in [-0.15, -0.1) is 0 Å². The minimum atomic E-state index is -2.18. The van der Waals surface area contributed by atoms with Crippen LogP contribution in [0.1, 0.15) is 5.56 Å². The number of ether oxygens (including phenoxy) is 1. The number of aliphatic hydroxyl groups excluding tert-OH is 1. The Kier molecular flexibility index (Phi) is 4.56. The molecule has 2 rings (SSSR count). The normalized spacial score (nSPS) is 20.4. The van der Waals surface area contributed by atoms with Crippen molar-refractivity contribution < 1.29 is 31.8 Å². The maximum atomic E-state index is 13.5. The first-order chi connectivity index (χ1) is 9.47. The second-order valence-corrected chi connectivity index (χ2v) is 4.43. The van der Waals surface area contributed by atoms with Crippen LogP contribution in [0.4, 0.5) is 22.0 Å². The summed E-state index contributed by atoms with van der Waals surface area (Å²) in [5, 5.41) is 9.11. The number of aliphatic hydroxyl groups is 1. The molecule has 8 heteroatoms. The highest BCUT2D eigenvalue weighted by atomic mass is 19.2. The molecular formula is C12H12F5NO2. The van der Waals surface area contributed by atoms with Crippen LogP contribution in [0, 0.1) is 29.1 Å². The molecule has 1 aliphatic heterocycles. The van der Waals surface area contributed by atoms with Gasteiger partial charge in [-0.1, -0.05) is 0 Å². The lowest BCUT2D eigenvalue weighted by Gasteiger charge is -2.34. The van der Waals surface area contributed by atoms with E-state index in [2.05, 4.69) is 0 Å². The summed E-state index contributed by atoms with van der Waals surface area (Å²) in [6.45, 7) is -0.210. The van der Waals surface area contributed by atoms with Gasteiger partial charge in [-0.25, -0.2) is 22.0 Å². The number of hydrogen-bond donors (Lipinski definition) is 1. The quantitative estimate of drug-likeness (QED) is 0.522. The predicted molar refractivity (Wildman–Crippen MR) is 58.3 cm³/mol. The van der Waals surface area contributed by atoms with Gasteiger partial charge in [0.05, 0.1) is 25.9 Å². The van der Waals surface area contributed by atoms with Crippen LogP contribution in [0.25, 0.3) is 0 Å². The van der Waals surface area contributed by atoms with E-state index in [1.807, 2.05) is 0 Å². The summed E-state index contributed by atoms with van der Waals surface area (Å²) >= 11 is 0. The Hall–Kier alpha value is -1.25. The van der Waals surface area contributed by atoms with Gasteiger partial charge in [0.25, 0.3) is 0 Å². The Morgan fingerprint density at radius 3 is 2.10 bits per heavy atom. The number of nitrogens with zero attached hydrogens (tertiary/aromatic N) is 1. The molecule has 1 N–H and O–H groups in total. The minimum Gasteiger partial charge on any atom is -0.395 e. The smallest absolute Gasteiger partial charge is 0.200 e. The lowest BCUT2D eigenvalue weighted by atomic mass is 10.1. The second-order valence-electron chi connectivity index (χ2n) is 4.43. The Labute approximate surface area is 111 Å². The molecule has 1 heterocycles. The van der Waals surface area contributed by atoms with E-state index >= 15 is 0 Å². The van der Waals surface area contributed by atoms with Gasteiger partial charge >= 0.3 is 0 Å².